The van der Waals surface area contributed by atoms with Gasteiger partial charge in [0.1, 0.15) is 5.56 Å². The van der Waals surface area contributed by atoms with E-state index in [-0.39, 0.29) is 11.0 Å². The van der Waals surface area contributed by atoms with E-state index in [0.717, 1.165) is 0 Å². The van der Waals surface area contributed by atoms with E-state index in [1.807, 2.05) is 27.7 Å². The first-order valence-corrected chi connectivity index (χ1v) is 6.28. The maximum Gasteiger partial charge on any atom is 0.495 e. The molecule has 108 valence electrons. The van der Waals surface area contributed by atoms with Crippen molar-refractivity contribution in [3.05, 3.63) is 23.8 Å². The summed E-state index contributed by atoms with van der Waals surface area (Å²) in [4.78, 5) is 15.2. The van der Waals surface area contributed by atoms with E-state index >= 15 is 0 Å². The Hall–Kier alpha value is -1.47. The fraction of sp³-hybridized carbons (Fsp3) is 0.538. The van der Waals surface area contributed by atoms with Gasteiger partial charge >= 0.3 is 13.1 Å². The van der Waals surface area contributed by atoms with Crippen LogP contribution in [0, 0.1) is 5.95 Å². The lowest BCUT2D eigenvalue weighted by Crippen LogP contribution is -2.41. The van der Waals surface area contributed by atoms with Crippen molar-refractivity contribution in [1.82, 2.24) is 4.98 Å². The highest BCUT2D eigenvalue weighted by Gasteiger charge is 2.52. The van der Waals surface area contributed by atoms with Gasteiger partial charge in [-0.2, -0.15) is 4.39 Å². The maximum absolute atomic E-state index is 13.8. The molecule has 1 fully saturated rings. The molecule has 0 aliphatic carbocycles. The Morgan fingerprint density at radius 1 is 1.30 bits per heavy atom. The molecule has 1 aromatic heterocycles. The van der Waals surface area contributed by atoms with Gasteiger partial charge in [-0.1, -0.05) is 0 Å². The monoisotopic (exact) mass is 281 g/mol. The predicted octanol–water partition coefficient (Wildman–Crippen LogP) is 1.31. The summed E-state index contributed by atoms with van der Waals surface area (Å²) >= 11 is 0. The summed E-state index contributed by atoms with van der Waals surface area (Å²) in [6.45, 7) is 7.51. The Morgan fingerprint density at radius 2 is 1.85 bits per heavy atom. The largest absolute Gasteiger partial charge is 0.495 e. The number of esters is 1. The molecular weight excluding hydrogens is 264 g/mol. The van der Waals surface area contributed by atoms with Crippen molar-refractivity contribution in [1.29, 1.82) is 0 Å². The third-order valence-corrected chi connectivity index (χ3v) is 3.83. The van der Waals surface area contributed by atoms with Crippen molar-refractivity contribution in [3.63, 3.8) is 0 Å². The molecule has 0 aromatic carbocycles. The summed E-state index contributed by atoms with van der Waals surface area (Å²) in [7, 11) is 0.342. The molecule has 0 N–H and O–H groups in total. The quantitative estimate of drug-likeness (QED) is 0.464. The highest BCUT2D eigenvalue weighted by atomic mass is 19.1. The molecule has 5 nitrogen and oxygen atoms in total. The third kappa shape index (κ3) is 2.31. The molecule has 1 aromatic rings. The molecule has 1 saturated heterocycles. The number of carbonyl (C=O) groups is 1. The van der Waals surface area contributed by atoms with Crippen LogP contribution in [0.15, 0.2) is 12.3 Å². The van der Waals surface area contributed by atoms with Crippen LogP contribution in [0.25, 0.3) is 0 Å². The molecule has 0 saturated carbocycles. The average Bonchev–Trinajstić information content (AvgIpc) is 2.57. The molecule has 0 amide bonds. The van der Waals surface area contributed by atoms with E-state index in [9.17, 15) is 9.18 Å². The Balaban J connectivity index is 2.46. The number of rotatable bonds is 2. The van der Waals surface area contributed by atoms with E-state index in [4.69, 9.17) is 9.31 Å². The molecule has 2 heterocycles. The maximum atomic E-state index is 13.8. The van der Waals surface area contributed by atoms with Crippen LogP contribution in [0.5, 0.6) is 0 Å². The zero-order valence-electron chi connectivity index (χ0n) is 12.2. The minimum Gasteiger partial charge on any atom is -0.465 e. The van der Waals surface area contributed by atoms with Crippen molar-refractivity contribution in [2.24, 2.45) is 0 Å². The Labute approximate surface area is 117 Å². The number of carbonyl (C=O) groups excluding carboxylic acids is 1. The van der Waals surface area contributed by atoms with Crippen LogP contribution >= 0.6 is 0 Å². The minimum atomic E-state index is -0.899. The number of aromatic nitrogens is 1. The summed E-state index contributed by atoms with van der Waals surface area (Å²) in [6, 6.07) is 1.50. The van der Waals surface area contributed by atoms with Gasteiger partial charge in [0.25, 0.3) is 0 Å². The van der Waals surface area contributed by atoms with E-state index in [1.54, 1.807) is 0 Å². The zero-order valence-corrected chi connectivity index (χ0v) is 12.2. The second kappa shape index (κ2) is 4.82. The lowest BCUT2D eigenvalue weighted by molar-refractivity contribution is 0.00578. The van der Waals surface area contributed by atoms with Crippen molar-refractivity contribution in [3.8, 4) is 0 Å². The van der Waals surface area contributed by atoms with Gasteiger partial charge in [0.05, 0.1) is 18.3 Å². The van der Waals surface area contributed by atoms with Gasteiger partial charge < -0.3 is 14.0 Å². The Kier molecular flexibility index (Phi) is 3.60. The van der Waals surface area contributed by atoms with Crippen LogP contribution in [0.1, 0.15) is 38.1 Å². The molecule has 20 heavy (non-hydrogen) atoms. The summed E-state index contributed by atoms with van der Waals surface area (Å²) in [5, 5.41) is 0. The second-order valence-electron chi connectivity index (χ2n) is 5.65. The van der Waals surface area contributed by atoms with Crippen LogP contribution in [0.4, 0.5) is 4.39 Å². The summed E-state index contributed by atoms with van der Waals surface area (Å²) in [6.07, 6.45) is 1.27. The fourth-order valence-electron chi connectivity index (χ4n) is 1.92. The number of halogens is 1. The smallest absolute Gasteiger partial charge is 0.465 e. The van der Waals surface area contributed by atoms with Gasteiger partial charge in [-0.3, -0.25) is 0 Å². The number of ether oxygens (including phenoxy) is 1. The fourth-order valence-corrected chi connectivity index (χ4v) is 1.92. The number of pyridine rings is 1. The van der Waals surface area contributed by atoms with E-state index in [1.165, 1.54) is 19.4 Å². The highest BCUT2D eigenvalue weighted by molar-refractivity contribution is 6.63. The first-order valence-electron chi connectivity index (χ1n) is 6.28. The van der Waals surface area contributed by atoms with Gasteiger partial charge in [-0.15, -0.1) is 0 Å². The van der Waals surface area contributed by atoms with Crippen molar-refractivity contribution < 1.29 is 23.2 Å². The first-order chi connectivity index (χ1) is 9.19. The second-order valence-corrected chi connectivity index (χ2v) is 5.65. The summed E-state index contributed by atoms with van der Waals surface area (Å²) in [5.74, 6) is -1.70. The molecular formula is C13H17BFNO4. The summed E-state index contributed by atoms with van der Waals surface area (Å²) < 4.78 is 30.0. The number of methoxy groups -OCH3 is 1. The number of nitrogens with zero attached hydrogens (tertiary/aromatic N) is 1. The van der Waals surface area contributed by atoms with Crippen LogP contribution in [-0.2, 0) is 14.0 Å². The lowest BCUT2D eigenvalue weighted by atomic mass is 9.76. The van der Waals surface area contributed by atoms with Gasteiger partial charge in [0.15, 0.2) is 0 Å². The third-order valence-electron chi connectivity index (χ3n) is 3.83. The zero-order chi connectivity index (χ0) is 15.1. The van der Waals surface area contributed by atoms with E-state index in [2.05, 4.69) is 9.72 Å². The molecule has 1 aliphatic heterocycles. The van der Waals surface area contributed by atoms with E-state index in [0.29, 0.717) is 0 Å². The molecule has 0 atom stereocenters. The van der Waals surface area contributed by atoms with Crippen molar-refractivity contribution >= 4 is 18.6 Å². The minimum absolute atomic E-state index is 0.256. The van der Waals surface area contributed by atoms with Gasteiger partial charge in [-0.05, 0) is 33.8 Å². The molecule has 0 radical (unpaired) electrons. The first kappa shape index (κ1) is 14.9. The van der Waals surface area contributed by atoms with Gasteiger partial charge in [0.2, 0.25) is 5.95 Å². The van der Waals surface area contributed by atoms with Crippen molar-refractivity contribution in [2.75, 3.05) is 7.11 Å². The van der Waals surface area contributed by atoms with E-state index < -0.39 is 30.2 Å². The average molecular weight is 281 g/mol. The standard InChI is InChI=1S/C13H17BFNO4/c1-12(2)13(3,4)20-14(19-12)8-6-7-16-10(15)9(8)11(17)18-5/h6-7H,1-5H3. The molecule has 7 heteroatoms. The molecule has 1 aliphatic rings. The highest BCUT2D eigenvalue weighted by Crippen LogP contribution is 2.36. The predicted molar refractivity (Wildman–Crippen MR) is 71.3 cm³/mol. The summed E-state index contributed by atoms with van der Waals surface area (Å²) in [5.41, 5.74) is -1.13. The Bertz CT molecular complexity index is 531. The molecule has 0 spiro atoms. The lowest BCUT2D eigenvalue weighted by Gasteiger charge is -2.32. The number of hydrogen-bond donors (Lipinski definition) is 0. The number of hydrogen-bond acceptors (Lipinski definition) is 5. The van der Waals surface area contributed by atoms with Gasteiger partial charge in [0, 0.05) is 11.7 Å². The molecule has 0 unspecified atom stereocenters. The van der Waals surface area contributed by atoms with Crippen LogP contribution in [-0.4, -0.2) is 36.4 Å². The molecule has 0 bridgehead atoms. The molecule has 2 rings (SSSR count). The van der Waals surface area contributed by atoms with Crippen molar-refractivity contribution in [2.45, 2.75) is 38.9 Å². The van der Waals surface area contributed by atoms with Crippen LogP contribution < -0.4 is 5.46 Å². The Morgan fingerprint density at radius 3 is 2.35 bits per heavy atom. The normalized spacial score (nSPS) is 20.0. The topological polar surface area (TPSA) is 57.7 Å². The van der Waals surface area contributed by atoms with Crippen LogP contribution in [0.2, 0.25) is 0 Å². The SMILES string of the molecule is COC(=O)c1c(B2OC(C)(C)C(C)(C)O2)ccnc1F. The van der Waals surface area contributed by atoms with Gasteiger partial charge in [-0.25, -0.2) is 9.78 Å². The van der Waals surface area contributed by atoms with Crippen LogP contribution in [0.3, 0.4) is 0 Å².